The maximum absolute atomic E-state index is 6.08. The van der Waals surface area contributed by atoms with Crippen LogP contribution in [-0.4, -0.2) is 41.6 Å². The maximum Gasteiger partial charge on any atom is 0.346 e. The molecule has 16 heavy (non-hydrogen) atoms. The van der Waals surface area contributed by atoms with E-state index >= 15 is 0 Å². The Hall–Kier alpha value is -1.77. The Morgan fingerprint density at radius 1 is 0.938 bits per heavy atom. The van der Waals surface area contributed by atoms with Gasteiger partial charge in [0.2, 0.25) is 0 Å². The summed E-state index contributed by atoms with van der Waals surface area (Å²) in [6.45, 7) is 17.6. The summed E-state index contributed by atoms with van der Waals surface area (Å²) in [7, 11) is 0. The average Bonchev–Trinajstić information content (AvgIpc) is 2.27. The fourth-order valence-corrected chi connectivity index (χ4v) is 1.35. The van der Waals surface area contributed by atoms with E-state index in [1.807, 2.05) is 33.8 Å². The van der Waals surface area contributed by atoms with Gasteiger partial charge in [0.15, 0.2) is 0 Å². The number of rotatable bonds is 8. The molecule has 0 amide bonds. The minimum atomic E-state index is 0.694. The molecule has 3 nitrogen and oxygen atoms in total. The maximum atomic E-state index is 6.08. The minimum absolute atomic E-state index is 0.694. The molecule has 0 aliphatic carbocycles. The molecule has 0 aromatic carbocycles. The molecule has 0 saturated carbocycles. The number of hydrogen-bond donors (Lipinski definition) is 1. The van der Waals surface area contributed by atoms with Crippen molar-refractivity contribution in [3.8, 4) is 0 Å². The topological polar surface area (TPSA) is 32.3 Å². The fourth-order valence-electron chi connectivity index (χ4n) is 1.35. The Bertz CT molecular complexity index is 268. The highest BCUT2D eigenvalue weighted by Gasteiger charge is 2.14. The van der Waals surface area contributed by atoms with E-state index in [9.17, 15) is 0 Å². The van der Waals surface area contributed by atoms with Crippen LogP contribution in [0.25, 0.3) is 0 Å². The summed E-state index contributed by atoms with van der Waals surface area (Å²) in [5.74, 6) is 0.694. The summed E-state index contributed by atoms with van der Waals surface area (Å²) >= 11 is 0. The summed E-state index contributed by atoms with van der Waals surface area (Å²) in [6.07, 6.45) is 7.26. The second-order valence-corrected chi connectivity index (χ2v) is 3.32. The lowest BCUT2D eigenvalue weighted by molar-refractivity contribution is -0.513. The van der Waals surface area contributed by atoms with E-state index in [-0.39, 0.29) is 0 Å². The monoisotopic (exact) mass is 220 g/mol. The zero-order valence-corrected chi connectivity index (χ0v) is 9.94. The first-order chi connectivity index (χ1) is 7.71. The third kappa shape index (κ3) is 4.64. The Balaban J connectivity index is 4.94. The Labute approximate surface area is 98.6 Å². The molecule has 3 heteroatoms. The molecule has 0 aliphatic heterocycles. The number of hydrogen-bond acceptors (Lipinski definition) is 0. The van der Waals surface area contributed by atoms with Crippen molar-refractivity contribution in [2.24, 2.45) is 5.73 Å². The lowest BCUT2D eigenvalue weighted by atomic mass is 10.4. The summed E-state index contributed by atoms with van der Waals surface area (Å²) in [6, 6.07) is 0. The SMILES string of the molecule is C=CCN(CC=C)C(N)=[N+](CC=C)CC=C. The number of nitrogens with zero attached hydrogens (tertiary/aromatic N) is 2. The zero-order valence-electron chi connectivity index (χ0n) is 9.94. The van der Waals surface area contributed by atoms with Gasteiger partial charge >= 0.3 is 5.96 Å². The highest BCUT2D eigenvalue weighted by Crippen LogP contribution is 1.91. The molecular weight excluding hydrogens is 198 g/mol. The van der Waals surface area contributed by atoms with Gasteiger partial charge < -0.3 is 0 Å². The van der Waals surface area contributed by atoms with Crippen LogP contribution in [0.4, 0.5) is 0 Å². The van der Waals surface area contributed by atoms with E-state index in [0.29, 0.717) is 32.1 Å². The molecule has 0 unspecified atom stereocenters. The number of guanidine groups is 1. The van der Waals surface area contributed by atoms with Crippen molar-refractivity contribution in [1.29, 1.82) is 0 Å². The third-order valence-electron chi connectivity index (χ3n) is 2.05. The Kier molecular flexibility index (Phi) is 7.59. The van der Waals surface area contributed by atoms with Gasteiger partial charge in [-0.1, -0.05) is 50.6 Å². The first kappa shape index (κ1) is 14.2. The van der Waals surface area contributed by atoms with Crippen molar-refractivity contribution >= 4 is 5.96 Å². The van der Waals surface area contributed by atoms with E-state index in [1.54, 1.807) is 0 Å². The molecule has 0 aromatic heterocycles. The summed E-state index contributed by atoms with van der Waals surface area (Å²) in [5.41, 5.74) is 6.08. The van der Waals surface area contributed by atoms with E-state index in [4.69, 9.17) is 5.73 Å². The molecule has 0 rings (SSSR count). The molecule has 0 radical (unpaired) electrons. The molecule has 0 bridgehead atoms. The van der Waals surface area contributed by atoms with Gasteiger partial charge in [0.1, 0.15) is 0 Å². The van der Waals surface area contributed by atoms with Crippen molar-refractivity contribution in [3.05, 3.63) is 50.6 Å². The van der Waals surface area contributed by atoms with Gasteiger partial charge in [0.05, 0.1) is 26.2 Å². The van der Waals surface area contributed by atoms with Crippen LogP contribution in [0.3, 0.4) is 0 Å². The van der Waals surface area contributed by atoms with Gasteiger partial charge in [-0.15, -0.1) is 0 Å². The van der Waals surface area contributed by atoms with Crippen LogP contribution in [0.15, 0.2) is 50.6 Å². The second-order valence-electron chi connectivity index (χ2n) is 3.32. The van der Waals surface area contributed by atoms with Crippen molar-refractivity contribution in [2.75, 3.05) is 26.2 Å². The molecule has 0 fully saturated rings. The predicted octanol–water partition coefficient (Wildman–Crippen LogP) is 1.36. The van der Waals surface area contributed by atoms with Crippen LogP contribution in [0.1, 0.15) is 0 Å². The van der Waals surface area contributed by atoms with Crippen LogP contribution in [-0.2, 0) is 0 Å². The first-order valence-corrected chi connectivity index (χ1v) is 5.27. The van der Waals surface area contributed by atoms with E-state index in [0.717, 1.165) is 0 Å². The Morgan fingerprint density at radius 2 is 1.38 bits per heavy atom. The molecule has 0 spiro atoms. The van der Waals surface area contributed by atoms with Crippen LogP contribution < -0.4 is 5.73 Å². The van der Waals surface area contributed by atoms with Crippen molar-refractivity contribution in [2.45, 2.75) is 0 Å². The molecule has 0 aliphatic rings. The van der Waals surface area contributed by atoms with Crippen molar-refractivity contribution in [3.63, 3.8) is 0 Å². The molecule has 88 valence electrons. The van der Waals surface area contributed by atoms with E-state index in [2.05, 4.69) is 26.3 Å². The summed E-state index contributed by atoms with van der Waals surface area (Å²) in [4.78, 5) is 1.99. The van der Waals surface area contributed by atoms with Gasteiger partial charge in [-0.05, 0) is 0 Å². The molecule has 0 aromatic rings. The van der Waals surface area contributed by atoms with Gasteiger partial charge in [0, 0.05) is 0 Å². The minimum Gasteiger partial charge on any atom is -0.291 e. The van der Waals surface area contributed by atoms with Gasteiger partial charge in [-0.3, -0.25) is 15.2 Å². The van der Waals surface area contributed by atoms with E-state index < -0.39 is 0 Å². The first-order valence-electron chi connectivity index (χ1n) is 5.27. The van der Waals surface area contributed by atoms with Gasteiger partial charge in [-0.2, -0.15) is 0 Å². The third-order valence-corrected chi connectivity index (χ3v) is 2.05. The van der Waals surface area contributed by atoms with Crippen LogP contribution >= 0.6 is 0 Å². The average molecular weight is 220 g/mol. The number of nitrogens with two attached hydrogens (primary N) is 1. The lowest BCUT2D eigenvalue weighted by Gasteiger charge is -2.17. The quantitative estimate of drug-likeness (QED) is 0.290. The van der Waals surface area contributed by atoms with Crippen LogP contribution in [0.2, 0.25) is 0 Å². The normalized spacial score (nSPS) is 9.00. The van der Waals surface area contributed by atoms with Crippen LogP contribution in [0, 0.1) is 0 Å². The van der Waals surface area contributed by atoms with E-state index in [1.165, 1.54) is 0 Å². The Morgan fingerprint density at radius 3 is 1.69 bits per heavy atom. The lowest BCUT2D eigenvalue weighted by Crippen LogP contribution is -2.44. The molecule has 0 heterocycles. The van der Waals surface area contributed by atoms with Crippen molar-refractivity contribution in [1.82, 2.24) is 4.90 Å². The molecule has 0 saturated heterocycles. The van der Waals surface area contributed by atoms with Gasteiger partial charge in [0.25, 0.3) is 0 Å². The summed E-state index contributed by atoms with van der Waals surface area (Å²) in [5, 5.41) is 0. The highest BCUT2D eigenvalue weighted by atomic mass is 15.3. The van der Waals surface area contributed by atoms with Crippen molar-refractivity contribution < 1.29 is 4.58 Å². The molecule has 2 N–H and O–H groups in total. The fraction of sp³-hybridized carbons (Fsp3) is 0.308. The highest BCUT2D eigenvalue weighted by molar-refractivity contribution is 5.73. The smallest absolute Gasteiger partial charge is 0.291 e. The molecule has 0 atom stereocenters. The largest absolute Gasteiger partial charge is 0.346 e. The summed E-state index contributed by atoms with van der Waals surface area (Å²) < 4.78 is 1.99. The second kappa shape index (κ2) is 8.53. The van der Waals surface area contributed by atoms with Gasteiger partial charge in [-0.25, -0.2) is 0 Å². The molecular formula is C13H22N3+. The predicted molar refractivity (Wildman–Crippen MR) is 71.5 cm³/mol. The van der Waals surface area contributed by atoms with Crippen LogP contribution in [0.5, 0.6) is 0 Å². The zero-order chi connectivity index (χ0) is 12.4. The standard InChI is InChI=1S/C13H21N3/c1-5-9-15(10-6-2)13(14)16(11-7-3)12-8-4/h5-8,14H,1-4,9-12H2/p+1.